The van der Waals surface area contributed by atoms with Gasteiger partial charge in [0.1, 0.15) is 11.4 Å². The number of aromatic nitrogens is 2. The normalized spacial score (nSPS) is 15.4. The van der Waals surface area contributed by atoms with Crippen LogP contribution in [0.1, 0.15) is 35.8 Å². The number of piperidine rings is 1. The number of furan rings is 1. The fourth-order valence-electron chi connectivity index (χ4n) is 3.33. The molecule has 1 aliphatic heterocycles. The van der Waals surface area contributed by atoms with Crippen LogP contribution in [0.3, 0.4) is 0 Å². The molecule has 1 saturated heterocycles. The number of amides is 1. The van der Waals surface area contributed by atoms with Crippen LogP contribution in [0.5, 0.6) is 0 Å². The molecule has 1 aromatic carbocycles. The number of likely N-dealkylation sites (tertiary alicyclic amines) is 1. The third-order valence-corrected chi connectivity index (χ3v) is 5.05. The van der Waals surface area contributed by atoms with E-state index in [0.29, 0.717) is 23.1 Å². The number of benzene rings is 1. The summed E-state index contributed by atoms with van der Waals surface area (Å²) in [6.45, 7) is 5.89. The zero-order valence-electron chi connectivity index (χ0n) is 15.2. The lowest BCUT2D eigenvalue weighted by Crippen LogP contribution is -2.38. The lowest BCUT2D eigenvalue weighted by atomic mass is 9.99. The lowest BCUT2D eigenvalue weighted by Gasteiger charge is -2.30. The number of hydrogen-bond donors (Lipinski definition) is 0. The Morgan fingerprint density at radius 1 is 1.15 bits per heavy atom. The smallest absolute Gasteiger partial charge is 0.272 e. The maximum Gasteiger partial charge on any atom is 0.272 e. The maximum absolute atomic E-state index is 13.2. The van der Waals surface area contributed by atoms with Crippen molar-refractivity contribution >= 4 is 5.91 Å². The molecule has 0 N–H and O–H groups in total. The number of carbonyl (C=O) groups is 1. The van der Waals surface area contributed by atoms with Gasteiger partial charge in [0.05, 0.1) is 12.0 Å². The molecule has 134 valence electrons. The van der Waals surface area contributed by atoms with E-state index in [4.69, 9.17) is 4.42 Å². The molecule has 5 heteroatoms. The van der Waals surface area contributed by atoms with Gasteiger partial charge in [-0.1, -0.05) is 24.6 Å². The molecule has 0 unspecified atom stereocenters. The molecule has 1 fully saturated rings. The van der Waals surface area contributed by atoms with E-state index in [1.165, 1.54) is 5.56 Å². The molecule has 0 spiro atoms. The number of carbonyl (C=O) groups excluding carboxylic acids is 1. The first-order valence-electron chi connectivity index (χ1n) is 9.12. The minimum Gasteiger partial charge on any atom is -0.463 e. The molecule has 4 rings (SSSR count). The maximum atomic E-state index is 13.2. The fraction of sp³-hybridized carbons (Fsp3) is 0.333. The fourth-order valence-corrected chi connectivity index (χ4v) is 3.33. The number of nitrogens with zero attached hydrogens (tertiary/aromatic N) is 3. The van der Waals surface area contributed by atoms with Gasteiger partial charge in [-0.15, -0.1) is 0 Å². The van der Waals surface area contributed by atoms with Crippen LogP contribution in [0, 0.1) is 12.8 Å². The van der Waals surface area contributed by atoms with Crippen LogP contribution < -0.4 is 0 Å². The Morgan fingerprint density at radius 3 is 2.54 bits per heavy atom. The number of rotatable bonds is 3. The molecule has 5 nitrogen and oxygen atoms in total. The van der Waals surface area contributed by atoms with Crippen LogP contribution >= 0.6 is 0 Å². The van der Waals surface area contributed by atoms with E-state index in [9.17, 15) is 4.79 Å². The average Bonchev–Trinajstić information content (AvgIpc) is 3.32. The first kappa shape index (κ1) is 16.6. The molecule has 1 amide bonds. The zero-order chi connectivity index (χ0) is 18.1. The third-order valence-electron chi connectivity index (χ3n) is 5.05. The van der Waals surface area contributed by atoms with Crippen molar-refractivity contribution in [3.05, 3.63) is 60.0 Å². The van der Waals surface area contributed by atoms with Crippen molar-refractivity contribution < 1.29 is 9.21 Å². The van der Waals surface area contributed by atoms with Gasteiger partial charge in [0.15, 0.2) is 5.76 Å². The van der Waals surface area contributed by atoms with Crippen LogP contribution in [0.15, 0.2) is 53.1 Å². The van der Waals surface area contributed by atoms with Crippen molar-refractivity contribution in [3.8, 4) is 17.1 Å². The predicted octanol–water partition coefficient (Wildman–Crippen LogP) is 4.31. The molecule has 0 radical (unpaired) electrons. The predicted molar refractivity (Wildman–Crippen MR) is 100 cm³/mol. The molecule has 3 heterocycles. The summed E-state index contributed by atoms with van der Waals surface area (Å²) >= 11 is 0. The average molecular weight is 349 g/mol. The van der Waals surface area contributed by atoms with Gasteiger partial charge in [-0.25, -0.2) is 4.68 Å². The van der Waals surface area contributed by atoms with Gasteiger partial charge in [-0.2, -0.15) is 5.10 Å². The SMILES string of the molecule is Cc1ccc(-n2nc(-c3ccco3)cc2C(=O)N2CCC(C)CC2)cc1. The Kier molecular flexibility index (Phi) is 4.37. The summed E-state index contributed by atoms with van der Waals surface area (Å²) in [6.07, 6.45) is 3.72. The van der Waals surface area contributed by atoms with E-state index < -0.39 is 0 Å². The van der Waals surface area contributed by atoms with Crippen molar-refractivity contribution in [1.29, 1.82) is 0 Å². The van der Waals surface area contributed by atoms with E-state index in [1.807, 2.05) is 54.3 Å². The van der Waals surface area contributed by atoms with E-state index >= 15 is 0 Å². The summed E-state index contributed by atoms with van der Waals surface area (Å²) in [7, 11) is 0. The Bertz CT molecular complexity index is 886. The van der Waals surface area contributed by atoms with E-state index in [2.05, 4.69) is 12.0 Å². The van der Waals surface area contributed by atoms with Gasteiger partial charge in [-0.05, 0) is 49.9 Å². The van der Waals surface area contributed by atoms with Gasteiger partial charge >= 0.3 is 0 Å². The van der Waals surface area contributed by atoms with Crippen molar-refractivity contribution in [2.45, 2.75) is 26.7 Å². The standard InChI is InChI=1S/C21H23N3O2/c1-15-5-7-17(8-6-15)24-19(14-18(22-24)20-4-3-13-26-20)21(25)23-11-9-16(2)10-12-23/h3-8,13-14,16H,9-12H2,1-2H3. The summed E-state index contributed by atoms with van der Waals surface area (Å²) in [5.41, 5.74) is 3.30. The van der Waals surface area contributed by atoms with Crippen LogP contribution in [0.2, 0.25) is 0 Å². The van der Waals surface area contributed by atoms with Gasteiger partial charge in [0, 0.05) is 19.2 Å². The monoisotopic (exact) mass is 349 g/mol. The lowest BCUT2D eigenvalue weighted by molar-refractivity contribution is 0.0688. The quantitative estimate of drug-likeness (QED) is 0.708. The highest BCUT2D eigenvalue weighted by atomic mass is 16.3. The molecule has 26 heavy (non-hydrogen) atoms. The molecule has 0 bridgehead atoms. The second-order valence-electron chi connectivity index (χ2n) is 7.11. The van der Waals surface area contributed by atoms with Crippen LogP contribution in [-0.4, -0.2) is 33.7 Å². The third kappa shape index (κ3) is 3.17. The van der Waals surface area contributed by atoms with Gasteiger partial charge in [0.25, 0.3) is 5.91 Å². The highest BCUT2D eigenvalue weighted by Crippen LogP contribution is 2.25. The minimum absolute atomic E-state index is 0.0304. The van der Waals surface area contributed by atoms with Crippen molar-refractivity contribution in [2.75, 3.05) is 13.1 Å². The first-order valence-corrected chi connectivity index (χ1v) is 9.12. The Labute approximate surface area is 153 Å². The second-order valence-corrected chi connectivity index (χ2v) is 7.11. The Morgan fingerprint density at radius 2 is 1.88 bits per heavy atom. The molecule has 0 saturated carbocycles. The second kappa shape index (κ2) is 6.83. The van der Waals surface area contributed by atoms with Crippen molar-refractivity contribution in [2.24, 2.45) is 5.92 Å². The molecule has 1 aliphatic rings. The van der Waals surface area contributed by atoms with Gasteiger partial charge in [0.2, 0.25) is 0 Å². The van der Waals surface area contributed by atoms with Crippen molar-refractivity contribution in [3.63, 3.8) is 0 Å². The van der Waals surface area contributed by atoms with Gasteiger partial charge in [-0.3, -0.25) is 4.79 Å². The van der Waals surface area contributed by atoms with E-state index in [0.717, 1.165) is 31.6 Å². The number of hydrogen-bond acceptors (Lipinski definition) is 3. The van der Waals surface area contributed by atoms with Gasteiger partial charge < -0.3 is 9.32 Å². The topological polar surface area (TPSA) is 51.3 Å². The van der Waals surface area contributed by atoms with Crippen molar-refractivity contribution in [1.82, 2.24) is 14.7 Å². The summed E-state index contributed by atoms with van der Waals surface area (Å²) in [4.78, 5) is 15.1. The van der Waals surface area contributed by atoms with Crippen LogP contribution in [0.4, 0.5) is 0 Å². The molecular weight excluding hydrogens is 326 g/mol. The summed E-state index contributed by atoms with van der Waals surface area (Å²) in [6, 6.07) is 13.6. The molecular formula is C21H23N3O2. The summed E-state index contributed by atoms with van der Waals surface area (Å²) < 4.78 is 7.22. The van der Waals surface area contributed by atoms with Crippen LogP contribution in [0.25, 0.3) is 17.1 Å². The summed E-state index contributed by atoms with van der Waals surface area (Å²) in [5.74, 6) is 1.37. The Hall–Kier alpha value is -2.82. The zero-order valence-corrected chi connectivity index (χ0v) is 15.2. The molecule has 0 atom stereocenters. The largest absolute Gasteiger partial charge is 0.463 e. The highest BCUT2D eigenvalue weighted by molar-refractivity contribution is 5.94. The molecule has 2 aromatic heterocycles. The van der Waals surface area contributed by atoms with Crippen LogP contribution in [-0.2, 0) is 0 Å². The minimum atomic E-state index is 0.0304. The number of aryl methyl sites for hydroxylation is 1. The molecule has 3 aromatic rings. The molecule has 0 aliphatic carbocycles. The van der Waals surface area contributed by atoms with E-state index in [-0.39, 0.29) is 5.91 Å². The Balaban J connectivity index is 1.74. The highest BCUT2D eigenvalue weighted by Gasteiger charge is 2.26. The van der Waals surface area contributed by atoms with E-state index in [1.54, 1.807) is 10.9 Å². The summed E-state index contributed by atoms with van der Waals surface area (Å²) in [5, 5.41) is 4.66. The first-order chi connectivity index (χ1) is 12.6.